The van der Waals surface area contributed by atoms with E-state index in [1.54, 1.807) is 0 Å². The van der Waals surface area contributed by atoms with Gasteiger partial charge >= 0.3 is 12.1 Å². The van der Waals surface area contributed by atoms with Crippen molar-refractivity contribution in [1.29, 1.82) is 0 Å². The maximum atomic E-state index is 12.7. The van der Waals surface area contributed by atoms with Gasteiger partial charge < -0.3 is 24.8 Å². The van der Waals surface area contributed by atoms with Crippen molar-refractivity contribution in [2.45, 2.75) is 232 Å². The van der Waals surface area contributed by atoms with Crippen LogP contribution in [-0.2, 0) is 14.3 Å². The van der Waals surface area contributed by atoms with E-state index in [1.807, 2.05) is 0 Å². The third-order valence-electron chi connectivity index (χ3n) is 10.2. The number of aliphatic hydroxyl groups is 1. The number of hydrogen-bond acceptors (Lipinski definition) is 6. The van der Waals surface area contributed by atoms with Crippen LogP contribution in [0.15, 0.2) is 0 Å². The van der Waals surface area contributed by atoms with E-state index in [4.69, 9.17) is 9.47 Å². The van der Waals surface area contributed by atoms with Gasteiger partial charge in [-0.15, -0.1) is 0 Å². The molecule has 2 N–H and O–H groups in total. The van der Waals surface area contributed by atoms with Gasteiger partial charge in [0.25, 0.3) is 0 Å². The van der Waals surface area contributed by atoms with Crippen molar-refractivity contribution in [2.24, 2.45) is 0 Å². The molecule has 1 amide bonds. The summed E-state index contributed by atoms with van der Waals surface area (Å²) in [5, 5.41) is 12.4. The van der Waals surface area contributed by atoms with Gasteiger partial charge in [-0.05, 0) is 70.9 Å². The Balaban J connectivity index is 3.91. The number of carbonyl (C=O) groups excluding carboxylic acids is 2. The minimum Gasteiger partial charge on any atom is -0.462 e. The average Bonchev–Trinajstić information content (AvgIpc) is 3.12. The van der Waals surface area contributed by atoms with Crippen LogP contribution in [-0.4, -0.2) is 67.6 Å². The monoisotopic (exact) mass is 725 g/mol. The molecule has 0 saturated heterocycles. The molecule has 0 aliphatic carbocycles. The molecule has 7 heteroatoms. The smallest absolute Gasteiger partial charge is 0.407 e. The summed E-state index contributed by atoms with van der Waals surface area (Å²) in [7, 11) is 0. The van der Waals surface area contributed by atoms with Crippen molar-refractivity contribution in [1.82, 2.24) is 10.2 Å². The number of unbranched alkanes of at least 4 members (excludes halogenated alkanes) is 24. The zero-order valence-electron chi connectivity index (χ0n) is 34.5. The molecule has 0 saturated carbocycles. The molecule has 51 heavy (non-hydrogen) atoms. The molecule has 0 atom stereocenters. The van der Waals surface area contributed by atoms with Crippen LogP contribution in [0.3, 0.4) is 0 Å². The number of rotatable bonds is 41. The van der Waals surface area contributed by atoms with E-state index in [-0.39, 0.29) is 24.8 Å². The molecular formula is C44H88N2O5. The first-order valence-corrected chi connectivity index (χ1v) is 22.5. The van der Waals surface area contributed by atoms with Gasteiger partial charge in [0.2, 0.25) is 0 Å². The second-order valence-electron chi connectivity index (χ2n) is 15.3. The molecule has 0 aromatic heterocycles. The summed E-state index contributed by atoms with van der Waals surface area (Å²) in [6.07, 6.45) is 37.5. The maximum Gasteiger partial charge on any atom is 0.407 e. The quantitative estimate of drug-likeness (QED) is 0.0482. The van der Waals surface area contributed by atoms with E-state index >= 15 is 0 Å². The predicted molar refractivity (Wildman–Crippen MR) is 218 cm³/mol. The van der Waals surface area contributed by atoms with Gasteiger partial charge in [0.15, 0.2) is 0 Å². The van der Waals surface area contributed by atoms with Crippen LogP contribution in [0.2, 0.25) is 0 Å². The number of aliphatic hydroxyl groups excluding tert-OH is 1. The van der Waals surface area contributed by atoms with E-state index < -0.39 is 0 Å². The lowest BCUT2D eigenvalue weighted by Gasteiger charge is -2.21. The number of alkyl carbamates (subject to hydrolysis) is 1. The largest absolute Gasteiger partial charge is 0.462 e. The zero-order chi connectivity index (χ0) is 37.3. The highest BCUT2D eigenvalue weighted by molar-refractivity contribution is 5.69. The Hall–Kier alpha value is -1.34. The Morgan fingerprint density at radius 3 is 1.47 bits per heavy atom. The second kappa shape index (κ2) is 41.4. The first-order chi connectivity index (χ1) is 25.1. The molecule has 0 heterocycles. The Labute approximate surface area is 317 Å². The maximum absolute atomic E-state index is 12.7. The van der Waals surface area contributed by atoms with Gasteiger partial charge in [0, 0.05) is 19.5 Å². The van der Waals surface area contributed by atoms with Crippen LogP contribution < -0.4 is 5.32 Å². The third-order valence-corrected chi connectivity index (χ3v) is 10.2. The topological polar surface area (TPSA) is 88.1 Å². The van der Waals surface area contributed by atoms with Crippen LogP contribution in [0.5, 0.6) is 0 Å². The van der Waals surface area contributed by atoms with Crippen LogP contribution in [0.1, 0.15) is 226 Å². The van der Waals surface area contributed by atoms with Gasteiger partial charge in [-0.25, -0.2) is 4.79 Å². The Morgan fingerprint density at radius 2 is 0.961 bits per heavy atom. The fourth-order valence-electron chi connectivity index (χ4n) is 6.88. The SMILES string of the molecule is CCCCCCCCOC(=O)NCCCCCCCCN(CCO)CCCCCCCC(=O)OC(CCCCCCCC)CCCCCCCC. The molecule has 0 aromatic rings. The molecule has 0 aliphatic rings. The zero-order valence-corrected chi connectivity index (χ0v) is 34.5. The lowest BCUT2D eigenvalue weighted by atomic mass is 10.0. The van der Waals surface area contributed by atoms with Gasteiger partial charge in [0.05, 0.1) is 13.2 Å². The molecule has 0 radical (unpaired) electrons. The van der Waals surface area contributed by atoms with Gasteiger partial charge in [0.1, 0.15) is 6.10 Å². The van der Waals surface area contributed by atoms with Crippen LogP contribution in [0, 0.1) is 0 Å². The molecule has 7 nitrogen and oxygen atoms in total. The number of nitrogens with one attached hydrogen (secondary N) is 1. The molecule has 0 unspecified atom stereocenters. The first-order valence-electron chi connectivity index (χ1n) is 22.5. The second-order valence-corrected chi connectivity index (χ2v) is 15.3. The average molecular weight is 725 g/mol. The molecule has 304 valence electrons. The molecule has 0 fully saturated rings. The van der Waals surface area contributed by atoms with E-state index in [9.17, 15) is 14.7 Å². The van der Waals surface area contributed by atoms with Crippen molar-refractivity contribution in [3.8, 4) is 0 Å². The van der Waals surface area contributed by atoms with Gasteiger partial charge in [-0.2, -0.15) is 0 Å². The highest BCUT2D eigenvalue weighted by Gasteiger charge is 2.14. The van der Waals surface area contributed by atoms with Crippen LogP contribution in [0.4, 0.5) is 4.79 Å². The third kappa shape index (κ3) is 38.2. The summed E-state index contributed by atoms with van der Waals surface area (Å²) in [5.74, 6) is 0.0153. The van der Waals surface area contributed by atoms with Crippen molar-refractivity contribution in [2.75, 3.05) is 39.4 Å². The van der Waals surface area contributed by atoms with E-state index in [2.05, 4.69) is 31.0 Å². The first kappa shape index (κ1) is 49.7. The molecule has 0 spiro atoms. The van der Waals surface area contributed by atoms with Gasteiger partial charge in [-0.3, -0.25) is 4.79 Å². The van der Waals surface area contributed by atoms with Crippen molar-refractivity contribution < 1.29 is 24.2 Å². The van der Waals surface area contributed by atoms with Crippen LogP contribution >= 0.6 is 0 Å². The Bertz CT molecular complexity index is 706. The standard InChI is InChI=1S/C44H88N2O5/c1-4-7-10-13-19-26-33-42(34-27-20-14-11-8-5-2)51-43(48)35-28-21-18-24-31-38-46(39-40-47)37-30-23-17-16-22-29-36-45-44(49)50-41-32-25-15-12-9-6-3/h42,47H,4-41H2,1-3H3,(H,45,49). The number of carbonyl (C=O) groups is 2. The molecule has 0 bridgehead atoms. The van der Waals surface area contributed by atoms with Gasteiger partial charge in [-0.1, -0.05) is 162 Å². The van der Waals surface area contributed by atoms with E-state index in [0.29, 0.717) is 19.6 Å². The lowest BCUT2D eigenvalue weighted by molar-refractivity contribution is -0.150. The normalized spacial score (nSPS) is 11.5. The van der Waals surface area contributed by atoms with E-state index in [0.717, 1.165) is 83.8 Å². The predicted octanol–water partition coefficient (Wildman–Crippen LogP) is 12.5. The summed E-state index contributed by atoms with van der Waals surface area (Å²) in [4.78, 5) is 26.9. The lowest BCUT2D eigenvalue weighted by Crippen LogP contribution is -2.29. The molecular weight excluding hydrogens is 636 g/mol. The fraction of sp³-hybridized carbons (Fsp3) is 0.955. The minimum atomic E-state index is -0.270. The Morgan fingerprint density at radius 1 is 0.529 bits per heavy atom. The number of esters is 1. The highest BCUT2D eigenvalue weighted by Crippen LogP contribution is 2.18. The summed E-state index contributed by atoms with van der Waals surface area (Å²) in [6.45, 7) is 11.0. The summed E-state index contributed by atoms with van der Waals surface area (Å²) >= 11 is 0. The number of hydrogen-bond donors (Lipinski definition) is 2. The van der Waals surface area contributed by atoms with Crippen molar-refractivity contribution in [3.05, 3.63) is 0 Å². The van der Waals surface area contributed by atoms with Crippen LogP contribution in [0.25, 0.3) is 0 Å². The molecule has 0 aromatic carbocycles. The fourth-order valence-corrected chi connectivity index (χ4v) is 6.88. The summed E-state index contributed by atoms with van der Waals surface area (Å²) < 4.78 is 11.3. The number of amides is 1. The highest BCUT2D eigenvalue weighted by atomic mass is 16.5. The number of ether oxygens (including phenoxy) is 2. The minimum absolute atomic E-state index is 0.0153. The van der Waals surface area contributed by atoms with Crippen molar-refractivity contribution in [3.63, 3.8) is 0 Å². The number of nitrogens with zero attached hydrogens (tertiary/aromatic N) is 1. The Kier molecular flexibility index (Phi) is 40.3. The molecule has 0 rings (SSSR count). The summed E-state index contributed by atoms with van der Waals surface area (Å²) in [5.41, 5.74) is 0. The van der Waals surface area contributed by atoms with E-state index in [1.165, 1.54) is 135 Å². The van der Waals surface area contributed by atoms with Crippen molar-refractivity contribution >= 4 is 12.1 Å². The molecule has 0 aliphatic heterocycles. The summed E-state index contributed by atoms with van der Waals surface area (Å²) in [6, 6.07) is 0.